The zero-order valence-electron chi connectivity index (χ0n) is 8.81. The summed E-state index contributed by atoms with van der Waals surface area (Å²) >= 11 is 5.71. The molecule has 17 heavy (non-hydrogen) atoms. The highest BCUT2D eigenvalue weighted by Gasteiger charge is 2.19. The molecule has 0 aliphatic rings. The molecule has 0 fully saturated rings. The average Bonchev–Trinajstić information content (AvgIpc) is 2.29. The smallest absolute Gasteiger partial charge is 0.405 e. The highest BCUT2D eigenvalue weighted by atomic mass is 35.5. The fourth-order valence-corrected chi connectivity index (χ4v) is 1.44. The highest BCUT2D eigenvalue weighted by Crippen LogP contribution is 2.11. The Kier molecular flexibility index (Phi) is 4.74. The summed E-state index contributed by atoms with van der Waals surface area (Å²) in [6, 6.07) is 5.81. The van der Waals surface area contributed by atoms with E-state index in [0.29, 0.717) is 5.02 Å². The van der Waals surface area contributed by atoms with Crippen LogP contribution in [0.2, 0.25) is 5.02 Å². The Morgan fingerprint density at radius 3 is 2.41 bits per heavy atom. The minimum Gasteiger partial charge on any atom is -0.465 e. The van der Waals surface area contributed by atoms with Gasteiger partial charge < -0.3 is 10.4 Å². The Labute approximate surface area is 103 Å². The molecular formula is C10H12ClN3O3. The first-order valence-electron chi connectivity index (χ1n) is 4.77. The third kappa shape index (κ3) is 4.29. The Hall–Kier alpha value is -1.79. The number of amides is 2. The van der Waals surface area contributed by atoms with Crippen LogP contribution in [0.15, 0.2) is 24.3 Å². The van der Waals surface area contributed by atoms with Crippen LogP contribution in [0.3, 0.4) is 0 Å². The van der Waals surface area contributed by atoms with Crippen LogP contribution in [0.1, 0.15) is 5.56 Å². The molecule has 7 heteroatoms. The molecule has 92 valence electrons. The van der Waals surface area contributed by atoms with E-state index in [1.54, 1.807) is 24.3 Å². The van der Waals surface area contributed by atoms with Gasteiger partial charge in [-0.2, -0.15) is 0 Å². The van der Waals surface area contributed by atoms with Crippen molar-refractivity contribution < 1.29 is 14.7 Å². The predicted octanol–water partition coefficient (Wildman–Crippen LogP) is 0.509. The number of carbonyl (C=O) groups excluding carboxylic acids is 1. The Morgan fingerprint density at radius 2 is 1.94 bits per heavy atom. The minimum absolute atomic E-state index is 0.201. The van der Waals surface area contributed by atoms with E-state index in [1.807, 2.05) is 5.43 Å². The maximum absolute atomic E-state index is 11.3. The van der Waals surface area contributed by atoms with E-state index in [9.17, 15) is 9.59 Å². The van der Waals surface area contributed by atoms with Crippen LogP contribution in [-0.4, -0.2) is 23.1 Å². The van der Waals surface area contributed by atoms with Gasteiger partial charge in [-0.15, -0.1) is 0 Å². The number of carbonyl (C=O) groups is 2. The molecule has 1 atom stereocenters. The van der Waals surface area contributed by atoms with Gasteiger partial charge in [0.1, 0.15) is 6.04 Å². The lowest BCUT2D eigenvalue weighted by Gasteiger charge is -2.15. The summed E-state index contributed by atoms with van der Waals surface area (Å²) < 4.78 is 0. The summed E-state index contributed by atoms with van der Waals surface area (Å²) in [4.78, 5) is 21.9. The topological polar surface area (TPSA) is 104 Å². The number of carboxylic acid groups (broad SMARTS) is 1. The van der Waals surface area contributed by atoms with Gasteiger partial charge in [-0.05, 0) is 17.7 Å². The first kappa shape index (κ1) is 13.3. The number of rotatable bonds is 4. The Morgan fingerprint density at radius 1 is 1.35 bits per heavy atom. The van der Waals surface area contributed by atoms with Crippen molar-refractivity contribution in [2.24, 2.45) is 5.84 Å². The maximum atomic E-state index is 11.3. The van der Waals surface area contributed by atoms with Crippen molar-refractivity contribution in [3.63, 3.8) is 0 Å². The van der Waals surface area contributed by atoms with Crippen LogP contribution < -0.4 is 16.6 Å². The molecule has 2 amide bonds. The molecule has 5 N–H and O–H groups in total. The van der Waals surface area contributed by atoms with E-state index in [1.165, 1.54) is 0 Å². The molecule has 0 aliphatic carbocycles. The number of hydrogen-bond acceptors (Lipinski definition) is 3. The second kappa shape index (κ2) is 6.07. The molecule has 0 spiro atoms. The molecule has 0 aliphatic heterocycles. The number of hydrogen-bond donors (Lipinski definition) is 4. The van der Waals surface area contributed by atoms with Crippen molar-refractivity contribution in [2.45, 2.75) is 12.5 Å². The zero-order chi connectivity index (χ0) is 12.8. The summed E-state index contributed by atoms with van der Waals surface area (Å²) in [5.41, 5.74) is 2.69. The van der Waals surface area contributed by atoms with E-state index >= 15 is 0 Å². The summed E-state index contributed by atoms with van der Waals surface area (Å²) in [5, 5.41) is 11.3. The van der Waals surface area contributed by atoms with Gasteiger partial charge in [0, 0.05) is 11.4 Å². The minimum atomic E-state index is -1.28. The molecule has 0 heterocycles. The third-order valence-corrected chi connectivity index (χ3v) is 2.36. The number of nitrogens with two attached hydrogens (primary N) is 1. The largest absolute Gasteiger partial charge is 0.465 e. The molecule has 6 nitrogen and oxygen atoms in total. The van der Waals surface area contributed by atoms with Crippen molar-refractivity contribution in [2.75, 3.05) is 0 Å². The van der Waals surface area contributed by atoms with Crippen LogP contribution in [0.25, 0.3) is 0 Å². The second-order valence-corrected chi connectivity index (χ2v) is 3.78. The summed E-state index contributed by atoms with van der Waals surface area (Å²) in [5.74, 6) is 4.38. The van der Waals surface area contributed by atoms with Crippen molar-refractivity contribution in [3.8, 4) is 0 Å². The predicted molar refractivity (Wildman–Crippen MR) is 62.4 cm³/mol. The van der Waals surface area contributed by atoms with E-state index < -0.39 is 18.0 Å². The fourth-order valence-electron chi connectivity index (χ4n) is 1.32. The fraction of sp³-hybridized carbons (Fsp3) is 0.200. The number of hydrazine groups is 1. The van der Waals surface area contributed by atoms with Crippen molar-refractivity contribution in [1.82, 2.24) is 10.7 Å². The summed E-state index contributed by atoms with van der Waals surface area (Å²) in [6.07, 6.45) is -1.08. The first-order chi connectivity index (χ1) is 8.02. The molecule has 0 bridgehead atoms. The first-order valence-corrected chi connectivity index (χ1v) is 5.15. The van der Waals surface area contributed by atoms with E-state index in [4.69, 9.17) is 22.6 Å². The van der Waals surface area contributed by atoms with Crippen molar-refractivity contribution >= 4 is 23.6 Å². The quantitative estimate of drug-likeness (QED) is 0.358. The van der Waals surface area contributed by atoms with Gasteiger partial charge in [-0.3, -0.25) is 10.2 Å². The number of halogens is 1. The van der Waals surface area contributed by atoms with Crippen molar-refractivity contribution in [1.29, 1.82) is 0 Å². The van der Waals surface area contributed by atoms with Crippen LogP contribution in [0.4, 0.5) is 4.79 Å². The third-order valence-electron chi connectivity index (χ3n) is 2.11. The lowest BCUT2D eigenvalue weighted by molar-refractivity contribution is -0.123. The molecule has 1 rings (SSSR count). The summed E-state index contributed by atoms with van der Waals surface area (Å²) in [6.45, 7) is 0. The molecule has 0 radical (unpaired) electrons. The highest BCUT2D eigenvalue weighted by molar-refractivity contribution is 6.30. The van der Waals surface area contributed by atoms with Crippen LogP contribution in [0.5, 0.6) is 0 Å². The number of benzene rings is 1. The maximum Gasteiger partial charge on any atom is 0.405 e. The Balaban J connectivity index is 2.75. The Bertz CT molecular complexity index is 408. The molecule has 0 aromatic heterocycles. The molecule has 0 saturated carbocycles. The average molecular weight is 258 g/mol. The van der Waals surface area contributed by atoms with Gasteiger partial charge in [0.05, 0.1) is 0 Å². The molecule has 0 saturated heterocycles. The normalized spacial score (nSPS) is 11.6. The second-order valence-electron chi connectivity index (χ2n) is 3.34. The van der Waals surface area contributed by atoms with Crippen LogP contribution in [0, 0.1) is 0 Å². The monoisotopic (exact) mass is 257 g/mol. The van der Waals surface area contributed by atoms with Crippen LogP contribution in [-0.2, 0) is 11.2 Å². The van der Waals surface area contributed by atoms with E-state index in [2.05, 4.69) is 5.32 Å². The van der Waals surface area contributed by atoms with Gasteiger partial charge in [-0.1, -0.05) is 23.7 Å². The van der Waals surface area contributed by atoms with E-state index in [0.717, 1.165) is 5.56 Å². The summed E-state index contributed by atoms with van der Waals surface area (Å²) in [7, 11) is 0. The van der Waals surface area contributed by atoms with E-state index in [-0.39, 0.29) is 6.42 Å². The van der Waals surface area contributed by atoms with Crippen LogP contribution >= 0.6 is 11.6 Å². The van der Waals surface area contributed by atoms with Gasteiger partial charge in [0.15, 0.2) is 0 Å². The molecule has 1 aromatic carbocycles. The number of nitrogens with one attached hydrogen (secondary N) is 2. The lowest BCUT2D eigenvalue weighted by atomic mass is 10.1. The molecule has 0 unspecified atom stereocenters. The SMILES string of the molecule is NNC(=O)[C@H](Cc1ccc(Cl)cc1)NC(=O)O. The standard InChI is InChI=1S/C10H12ClN3O3/c11-7-3-1-6(2-4-7)5-8(9(15)14-12)13-10(16)17/h1-4,8,13H,5,12H2,(H,14,15)(H,16,17)/t8-/m0/s1. The van der Waals surface area contributed by atoms with Gasteiger partial charge in [0.2, 0.25) is 0 Å². The van der Waals surface area contributed by atoms with Gasteiger partial charge in [-0.25, -0.2) is 10.6 Å². The molecular weight excluding hydrogens is 246 g/mol. The lowest BCUT2D eigenvalue weighted by Crippen LogP contribution is -2.49. The molecule has 1 aromatic rings. The van der Waals surface area contributed by atoms with Crippen molar-refractivity contribution in [3.05, 3.63) is 34.9 Å². The van der Waals surface area contributed by atoms with Gasteiger partial charge >= 0.3 is 6.09 Å². The zero-order valence-corrected chi connectivity index (χ0v) is 9.57. The van der Waals surface area contributed by atoms with Gasteiger partial charge in [0.25, 0.3) is 5.91 Å².